The molecule has 0 unspecified atom stereocenters. The summed E-state index contributed by atoms with van der Waals surface area (Å²) < 4.78 is 0. The molecule has 1 aliphatic carbocycles. The van der Waals surface area contributed by atoms with Crippen LogP contribution in [0, 0.1) is 5.41 Å². The van der Waals surface area contributed by atoms with Gasteiger partial charge in [0.25, 0.3) is 0 Å². The Morgan fingerprint density at radius 3 is 2.65 bits per heavy atom. The van der Waals surface area contributed by atoms with Gasteiger partial charge in [-0.25, -0.2) is 0 Å². The van der Waals surface area contributed by atoms with Gasteiger partial charge in [0.05, 0.1) is 5.41 Å². The molecule has 0 atom stereocenters. The van der Waals surface area contributed by atoms with E-state index in [1.807, 2.05) is 13.8 Å². The molecule has 124 valence electrons. The molecule has 1 saturated carbocycles. The maximum atomic E-state index is 12.5. The highest BCUT2D eigenvalue weighted by atomic mass is 16.2. The highest BCUT2D eigenvalue weighted by Gasteiger charge is 2.52. The zero-order chi connectivity index (χ0) is 16.6. The zero-order valence-electron chi connectivity index (χ0n) is 13.4. The fraction of sp³-hybridized carbons (Fsp3) is 0.667. The molecular weight excluding hydrogens is 298 g/mol. The van der Waals surface area contributed by atoms with Gasteiger partial charge in [-0.2, -0.15) is 4.98 Å². The number of amides is 3. The maximum Gasteiger partial charge on any atom is 0.248 e. The van der Waals surface area contributed by atoms with E-state index < -0.39 is 11.3 Å². The topological polar surface area (TPSA) is 108 Å². The Morgan fingerprint density at radius 2 is 2.04 bits per heavy atom. The van der Waals surface area contributed by atoms with Crippen molar-refractivity contribution in [1.29, 1.82) is 0 Å². The Balaban J connectivity index is 1.63. The number of nitrogens with one attached hydrogen (secondary N) is 2. The quantitative estimate of drug-likeness (QED) is 0.810. The van der Waals surface area contributed by atoms with Crippen molar-refractivity contribution in [3.8, 4) is 0 Å². The molecule has 2 aliphatic rings. The molecule has 23 heavy (non-hydrogen) atoms. The van der Waals surface area contributed by atoms with Crippen molar-refractivity contribution >= 4 is 23.7 Å². The summed E-state index contributed by atoms with van der Waals surface area (Å²) in [7, 11) is 0. The van der Waals surface area contributed by atoms with Crippen LogP contribution in [0.4, 0.5) is 5.95 Å². The molecule has 8 heteroatoms. The van der Waals surface area contributed by atoms with Crippen LogP contribution in [0.1, 0.15) is 57.7 Å². The van der Waals surface area contributed by atoms with Gasteiger partial charge in [0, 0.05) is 12.3 Å². The molecule has 1 aromatic rings. The molecule has 2 heterocycles. The van der Waals surface area contributed by atoms with Crippen LogP contribution in [0.3, 0.4) is 0 Å². The molecule has 2 fully saturated rings. The van der Waals surface area contributed by atoms with Gasteiger partial charge < -0.3 is 0 Å². The first-order valence-electron chi connectivity index (χ1n) is 7.98. The minimum atomic E-state index is -0.549. The average Bonchev–Trinajstić information content (AvgIpc) is 3.18. The Kier molecular flexibility index (Phi) is 3.91. The molecular formula is C15H21N5O3. The first-order chi connectivity index (χ1) is 10.9. The molecule has 1 saturated heterocycles. The van der Waals surface area contributed by atoms with E-state index in [-0.39, 0.29) is 36.6 Å². The lowest BCUT2D eigenvalue weighted by Crippen LogP contribution is -2.40. The summed E-state index contributed by atoms with van der Waals surface area (Å²) >= 11 is 0. The van der Waals surface area contributed by atoms with Crippen LogP contribution in [0.25, 0.3) is 0 Å². The lowest BCUT2D eigenvalue weighted by Gasteiger charge is -2.20. The van der Waals surface area contributed by atoms with Crippen LogP contribution in [-0.4, -0.2) is 44.3 Å². The van der Waals surface area contributed by atoms with Gasteiger partial charge in [0.1, 0.15) is 12.4 Å². The predicted octanol–water partition coefficient (Wildman–Crippen LogP) is 1.19. The number of carbonyl (C=O) groups is 3. The number of hydrogen-bond acceptors (Lipinski definition) is 5. The normalized spacial score (nSPS) is 20.0. The second-order valence-corrected chi connectivity index (χ2v) is 6.70. The summed E-state index contributed by atoms with van der Waals surface area (Å²) in [5.74, 6) is 0.0676. The maximum absolute atomic E-state index is 12.5. The number of anilines is 1. The van der Waals surface area contributed by atoms with Gasteiger partial charge in [-0.1, -0.05) is 26.7 Å². The second kappa shape index (κ2) is 5.75. The van der Waals surface area contributed by atoms with Crippen molar-refractivity contribution in [1.82, 2.24) is 20.1 Å². The van der Waals surface area contributed by atoms with Crippen LogP contribution in [0.2, 0.25) is 0 Å². The Bertz CT molecular complexity index is 645. The van der Waals surface area contributed by atoms with E-state index in [0.717, 1.165) is 30.6 Å². The summed E-state index contributed by atoms with van der Waals surface area (Å²) in [6.45, 7) is 3.63. The summed E-state index contributed by atoms with van der Waals surface area (Å²) in [6, 6.07) is 0. The Morgan fingerprint density at radius 1 is 1.35 bits per heavy atom. The van der Waals surface area contributed by atoms with E-state index >= 15 is 0 Å². The number of H-pyrrole nitrogens is 1. The number of hydrogen-bond donors (Lipinski definition) is 2. The van der Waals surface area contributed by atoms with Crippen LogP contribution in [-0.2, 0) is 14.4 Å². The standard InChI is InChI=1S/C15H21N5O3/c1-9(2)12-17-14(19-18-12)16-10(21)8-20-11(22)7-15(13(20)23)5-3-4-6-15/h9H,3-8H2,1-2H3,(H2,16,17,18,19,21). The molecule has 8 nitrogen and oxygen atoms in total. The lowest BCUT2D eigenvalue weighted by atomic mass is 9.84. The van der Waals surface area contributed by atoms with Crippen molar-refractivity contribution in [2.24, 2.45) is 5.41 Å². The van der Waals surface area contributed by atoms with Gasteiger partial charge in [-0.15, -0.1) is 5.10 Å². The molecule has 0 bridgehead atoms. The number of aromatic nitrogens is 3. The van der Waals surface area contributed by atoms with E-state index in [2.05, 4.69) is 20.5 Å². The molecule has 3 rings (SSSR count). The minimum absolute atomic E-state index is 0.161. The van der Waals surface area contributed by atoms with Gasteiger partial charge in [0.15, 0.2) is 0 Å². The highest BCUT2D eigenvalue weighted by Crippen LogP contribution is 2.46. The van der Waals surface area contributed by atoms with Crippen LogP contribution in [0.5, 0.6) is 0 Å². The van der Waals surface area contributed by atoms with Crippen LogP contribution < -0.4 is 5.32 Å². The number of rotatable bonds is 4. The van der Waals surface area contributed by atoms with Gasteiger partial charge in [-0.3, -0.25) is 29.7 Å². The third kappa shape index (κ3) is 2.85. The van der Waals surface area contributed by atoms with E-state index in [4.69, 9.17) is 0 Å². The van der Waals surface area contributed by atoms with Gasteiger partial charge >= 0.3 is 0 Å². The minimum Gasteiger partial charge on any atom is -0.292 e. The predicted molar refractivity (Wildman–Crippen MR) is 81.3 cm³/mol. The summed E-state index contributed by atoms with van der Waals surface area (Å²) in [5.41, 5.74) is -0.549. The first-order valence-corrected chi connectivity index (χ1v) is 7.98. The smallest absolute Gasteiger partial charge is 0.248 e. The van der Waals surface area contributed by atoms with E-state index in [1.54, 1.807) is 0 Å². The average molecular weight is 319 g/mol. The van der Waals surface area contributed by atoms with E-state index in [1.165, 1.54) is 0 Å². The van der Waals surface area contributed by atoms with E-state index in [9.17, 15) is 14.4 Å². The number of likely N-dealkylation sites (tertiary alicyclic amines) is 1. The molecule has 3 amide bonds. The monoisotopic (exact) mass is 319 g/mol. The summed E-state index contributed by atoms with van der Waals surface area (Å²) in [6.07, 6.45) is 3.66. The largest absolute Gasteiger partial charge is 0.292 e. The first kappa shape index (κ1) is 15.6. The molecule has 1 spiro atoms. The number of carbonyl (C=O) groups excluding carboxylic acids is 3. The molecule has 0 aromatic carbocycles. The van der Waals surface area contributed by atoms with E-state index in [0.29, 0.717) is 5.82 Å². The third-order valence-electron chi connectivity index (χ3n) is 4.65. The van der Waals surface area contributed by atoms with Gasteiger partial charge in [0.2, 0.25) is 23.7 Å². The van der Waals surface area contributed by atoms with Crippen molar-refractivity contribution in [2.45, 2.75) is 51.9 Å². The lowest BCUT2D eigenvalue weighted by molar-refractivity contribution is -0.143. The fourth-order valence-electron chi connectivity index (χ4n) is 3.36. The van der Waals surface area contributed by atoms with Crippen LogP contribution >= 0.6 is 0 Å². The van der Waals surface area contributed by atoms with Crippen LogP contribution in [0.15, 0.2) is 0 Å². The van der Waals surface area contributed by atoms with Crippen molar-refractivity contribution in [2.75, 3.05) is 11.9 Å². The summed E-state index contributed by atoms with van der Waals surface area (Å²) in [4.78, 5) is 41.9. The number of nitrogens with zero attached hydrogens (tertiary/aromatic N) is 3. The third-order valence-corrected chi connectivity index (χ3v) is 4.65. The van der Waals surface area contributed by atoms with Gasteiger partial charge in [-0.05, 0) is 12.8 Å². The fourth-order valence-corrected chi connectivity index (χ4v) is 3.36. The highest BCUT2D eigenvalue weighted by molar-refractivity contribution is 6.09. The Hall–Kier alpha value is -2.25. The molecule has 0 radical (unpaired) electrons. The Labute approximate surface area is 134 Å². The van der Waals surface area contributed by atoms with Crippen molar-refractivity contribution in [3.63, 3.8) is 0 Å². The second-order valence-electron chi connectivity index (χ2n) is 6.70. The SMILES string of the molecule is CC(C)c1nc(NC(=O)CN2C(=O)CC3(CCCC3)C2=O)n[nH]1. The number of aromatic amines is 1. The summed E-state index contributed by atoms with van der Waals surface area (Å²) in [5, 5.41) is 9.17. The molecule has 1 aromatic heterocycles. The van der Waals surface area contributed by atoms with Crippen molar-refractivity contribution in [3.05, 3.63) is 5.82 Å². The molecule has 1 aliphatic heterocycles. The number of imide groups is 1. The zero-order valence-corrected chi connectivity index (χ0v) is 13.4. The van der Waals surface area contributed by atoms with Crippen molar-refractivity contribution < 1.29 is 14.4 Å². The molecule has 2 N–H and O–H groups in total.